The number of carboxylic acid groups (broad SMARTS) is 2. The van der Waals surface area contributed by atoms with E-state index < -0.39 is 47.2 Å². The number of carboxylic acids is 2. The van der Waals surface area contributed by atoms with Gasteiger partial charge in [0.2, 0.25) is 5.91 Å². The summed E-state index contributed by atoms with van der Waals surface area (Å²) in [5.74, 6) is -3.97. The minimum Gasteiger partial charge on any atom is -0.478 e. The second-order valence-electron chi connectivity index (χ2n) is 10.8. The maximum Gasteiger partial charge on any atom is 0.410 e. The van der Waals surface area contributed by atoms with E-state index in [9.17, 15) is 34.5 Å². The molecule has 6 rings (SSSR count). The highest BCUT2D eigenvalue weighted by molar-refractivity contribution is 8.04. The van der Waals surface area contributed by atoms with Gasteiger partial charge < -0.3 is 34.8 Å². The first-order valence-corrected chi connectivity index (χ1v) is 14.3. The zero-order chi connectivity index (χ0) is 29.2. The van der Waals surface area contributed by atoms with Crippen LogP contribution in [0.3, 0.4) is 0 Å². The van der Waals surface area contributed by atoms with E-state index in [1.165, 1.54) is 17.9 Å². The van der Waals surface area contributed by atoms with Crippen LogP contribution >= 0.6 is 11.8 Å². The molecule has 0 bridgehead atoms. The van der Waals surface area contributed by atoms with Crippen LogP contribution in [0.15, 0.2) is 34.5 Å². The van der Waals surface area contributed by atoms with Crippen LogP contribution in [-0.2, 0) is 25.5 Å². The number of fused-ring (bicyclic) bond motifs is 2. The third kappa shape index (κ3) is 4.78. The van der Waals surface area contributed by atoms with Crippen LogP contribution in [0.1, 0.15) is 25.3 Å². The molecule has 14 heteroatoms. The van der Waals surface area contributed by atoms with Gasteiger partial charge >= 0.3 is 18.0 Å². The molecule has 3 N–H and O–H groups in total. The van der Waals surface area contributed by atoms with Crippen LogP contribution in [0.4, 0.5) is 20.6 Å². The number of hydrogen-bond donors (Lipinski definition) is 3. The Balaban J connectivity index is 1.09. The number of thioether (sulfide) groups is 1. The van der Waals surface area contributed by atoms with Gasteiger partial charge in [0, 0.05) is 50.5 Å². The van der Waals surface area contributed by atoms with Crippen molar-refractivity contribution >= 4 is 47.1 Å². The number of rotatable bonds is 7. The Morgan fingerprint density at radius 3 is 2.41 bits per heavy atom. The van der Waals surface area contributed by atoms with Crippen LogP contribution in [0, 0.1) is 11.7 Å². The third-order valence-corrected chi connectivity index (χ3v) is 9.44. The fraction of sp³-hybridized carbons (Fsp3) is 0.481. The van der Waals surface area contributed by atoms with E-state index in [-0.39, 0.29) is 48.3 Å². The molecule has 2 saturated heterocycles. The Morgan fingerprint density at radius 2 is 1.80 bits per heavy atom. The molecule has 1 saturated carbocycles. The summed E-state index contributed by atoms with van der Waals surface area (Å²) in [4.78, 5) is 55.2. The summed E-state index contributed by atoms with van der Waals surface area (Å²) in [5.41, 5.74) is 1.81. The molecule has 4 heterocycles. The molecule has 218 valence electrons. The molecule has 12 nitrogen and oxygen atoms in total. The summed E-state index contributed by atoms with van der Waals surface area (Å²) in [6.45, 7) is 2.33. The number of piperazine rings is 1. The number of β-lactam (4-membered cyclic amide) rings is 1. The zero-order valence-corrected chi connectivity index (χ0v) is 23.0. The third-order valence-electron chi connectivity index (χ3n) is 8.10. The molecule has 0 aromatic heterocycles. The molecule has 1 aromatic rings. The van der Waals surface area contributed by atoms with Gasteiger partial charge in [-0.2, -0.15) is 0 Å². The molecule has 3 fully saturated rings. The maximum atomic E-state index is 15.2. The highest BCUT2D eigenvalue weighted by atomic mass is 32.2. The molecule has 0 unspecified atom stereocenters. The second-order valence-corrected chi connectivity index (χ2v) is 12.0. The standard InChI is InChI=1S/C27H29FN4O8S/c1-13(33)21-23(34)32-22(26(37)38)20(41-24(21)32)12-40-27(39)30-6-4-29(5-7-30)19-10-18-14(9-17(19)28)8-15(25(35)36)11-31(18)16-2-3-16/h9-11,13,16,21,24,33H,2-8,12H2,1H3,(H,35,36)(H,37,38)/t13-,21+,24-/m1/s1. The van der Waals surface area contributed by atoms with Crippen molar-refractivity contribution in [1.82, 2.24) is 9.80 Å². The van der Waals surface area contributed by atoms with Gasteiger partial charge in [0.1, 0.15) is 23.5 Å². The van der Waals surface area contributed by atoms with Crippen LogP contribution in [-0.4, -0.2) is 99.4 Å². The number of aliphatic hydroxyl groups excluding tert-OH is 1. The lowest BCUT2D eigenvalue weighted by Crippen LogP contribution is -2.60. The van der Waals surface area contributed by atoms with Crippen molar-refractivity contribution in [2.45, 2.75) is 43.7 Å². The minimum atomic E-state index is -1.31. The molecule has 41 heavy (non-hydrogen) atoms. The first-order valence-electron chi connectivity index (χ1n) is 13.4. The summed E-state index contributed by atoms with van der Waals surface area (Å²) in [6.07, 6.45) is 2.10. The van der Waals surface area contributed by atoms with Crippen LogP contribution in [0.2, 0.25) is 0 Å². The van der Waals surface area contributed by atoms with Gasteiger partial charge in [0.05, 0.1) is 28.2 Å². The van der Waals surface area contributed by atoms with Gasteiger partial charge in [-0.25, -0.2) is 18.8 Å². The van der Waals surface area contributed by atoms with Gasteiger partial charge in [0.25, 0.3) is 0 Å². The van der Waals surface area contributed by atoms with Crippen molar-refractivity contribution in [3.05, 3.63) is 45.9 Å². The Hall–Kier alpha value is -3.78. The molecular formula is C27H29FN4O8S. The van der Waals surface area contributed by atoms with Crippen LogP contribution < -0.4 is 9.80 Å². The smallest absolute Gasteiger partial charge is 0.410 e. The molecule has 0 radical (unpaired) electrons. The Morgan fingerprint density at radius 1 is 1.10 bits per heavy atom. The van der Waals surface area contributed by atoms with Crippen molar-refractivity contribution in [2.75, 3.05) is 42.6 Å². The van der Waals surface area contributed by atoms with E-state index in [4.69, 9.17) is 4.74 Å². The number of aliphatic hydroxyl groups is 1. The lowest BCUT2D eigenvalue weighted by atomic mass is 9.92. The summed E-state index contributed by atoms with van der Waals surface area (Å²) < 4.78 is 20.6. The van der Waals surface area contributed by atoms with Gasteiger partial charge in [-0.05, 0) is 37.5 Å². The maximum absolute atomic E-state index is 15.2. The molecule has 4 aliphatic heterocycles. The Kier molecular flexibility index (Phi) is 6.85. The van der Waals surface area contributed by atoms with Crippen LogP contribution in [0.5, 0.6) is 0 Å². The number of aliphatic carboxylic acids is 2. The summed E-state index contributed by atoms with van der Waals surface area (Å²) >= 11 is 1.10. The Bertz CT molecular complexity index is 1400. The molecule has 3 atom stereocenters. The molecule has 1 aromatic carbocycles. The number of carbonyl (C=O) groups is 4. The molecule has 1 aliphatic carbocycles. The lowest BCUT2D eigenvalue weighted by molar-refractivity contribution is -0.156. The van der Waals surface area contributed by atoms with Crippen molar-refractivity contribution in [1.29, 1.82) is 0 Å². The van der Waals surface area contributed by atoms with Gasteiger partial charge in [-0.3, -0.25) is 9.69 Å². The number of ether oxygens (including phenoxy) is 1. The number of amides is 2. The van der Waals surface area contributed by atoms with Crippen molar-refractivity contribution in [3.8, 4) is 0 Å². The summed E-state index contributed by atoms with van der Waals surface area (Å²) in [5, 5.41) is 28.5. The van der Waals surface area contributed by atoms with Gasteiger partial charge in [-0.1, -0.05) is 11.8 Å². The number of hydrogen-bond acceptors (Lipinski definition) is 9. The van der Waals surface area contributed by atoms with E-state index in [2.05, 4.69) is 0 Å². The average Bonchev–Trinajstić information content (AvgIpc) is 3.72. The number of halogens is 1. The minimum absolute atomic E-state index is 0.148. The molecule has 2 amide bonds. The topological polar surface area (TPSA) is 151 Å². The van der Waals surface area contributed by atoms with E-state index in [0.717, 1.165) is 35.2 Å². The lowest BCUT2D eigenvalue weighted by Gasteiger charge is -2.43. The summed E-state index contributed by atoms with van der Waals surface area (Å²) in [7, 11) is 0. The highest BCUT2D eigenvalue weighted by Gasteiger charge is 2.57. The van der Waals surface area contributed by atoms with Crippen molar-refractivity contribution in [2.24, 2.45) is 5.92 Å². The predicted octanol–water partition coefficient (Wildman–Crippen LogP) is 1.79. The quantitative estimate of drug-likeness (QED) is 0.400. The van der Waals surface area contributed by atoms with Gasteiger partial charge in [-0.15, -0.1) is 0 Å². The van der Waals surface area contributed by atoms with Crippen LogP contribution in [0.25, 0.3) is 0 Å². The largest absolute Gasteiger partial charge is 0.478 e. The fourth-order valence-corrected chi connectivity index (χ4v) is 7.31. The number of anilines is 2. The monoisotopic (exact) mass is 588 g/mol. The zero-order valence-electron chi connectivity index (χ0n) is 22.2. The second kappa shape index (κ2) is 10.2. The number of carbonyl (C=O) groups excluding carboxylic acids is 2. The Labute approximate surface area is 238 Å². The normalized spacial score (nSPS) is 24.5. The van der Waals surface area contributed by atoms with Crippen molar-refractivity contribution in [3.63, 3.8) is 0 Å². The van der Waals surface area contributed by atoms with Crippen molar-refractivity contribution < 1.29 is 43.6 Å². The first-order chi connectivity index (χ1) is 19.5. The molecular weight excluding hydrogens is 559 g/mol. The fourth-order valence-electron chi connectivity index (χ4n) is 5.79. The van der Waals surface area contributed by atoms with E-state index in [1.807, 2.05) is 9.80 Å². The SMILES string of the molecule is C[C@@H](O)[C@H]1C(=O)N2C(C(=O)O)=C(COC(=O)N3CCN(c4cc5c(cc4F)CC(C(=O)O)=CN5C4CC4)CC3)S[C@H]12. The number of benzene rings is 1. The number of nitrogens with zero attached hydrogens (tertiary/aromatic N) is 4. The average molecular weight is 589 g/mol. The van der Waals surface area contributed by atoms with E-state index >= 15 is 4.39 Å². The van der Waals surface area contributed by atoms with E-state index in [0.29, 0.717) is 24.3 Å². The molecule has 0 spiro atoms. The predicted molar refractivity (Wildman–Crippen MR) is 145 cm³/mol. The highest BCUT2D eigenvalue weighted by Crippen LogP contribution is 2.50. The first kappa shape index (κ1) is 27.4. The van der Waals surface area contributed by atoms with Gasteiger partial charge in [0.15, 0.2) is 0 Å². The van der Waals surface area contributed by atoms with E-state index in [1.54, 1.807) is 12.3 Å². The summed E-state index contributed by atoms with van der Waals surface area (Å²) in [6, 6.07) is 3.36. The molecule has 5 aliphatic rings.